The van der Waals surface area contributed by atoms with Crippen molar-refractivity contribution in [2.45, 2.75) is 12.5 Å². The number of phenols is 1. The minimum absolute atomic E-state index is 0.0283. The number of carbonyl (C=O) groups is 2. The third kappa shape index (κ3) is 4.96. The number of aromatic hydroxyl groups is 1. The van der Waals surface area contributed by atoms with E-state index in [9.17, 15) is 19.8 Å². The molecule has 0 spiro atoms. The summed E-state index contributed by atoms with van der Waals surface area (Å²) in [6.45, 7) is 0.207. The van der Waals surface area contributed by atoms with Crippen LogP contribution in [0.3, 0.4) is 0 Å². The van der Waals surface area contributed by atoms with Crippen LogP contribution < -0.4 is 4.74 Å². The summed E-state index contributed by atoms with van der Waals surface area (Å²) in [4.78, 5) is 27.7. The van der Waals surface area contributed by atoms with Gasteiger partial charge in [0, 0.05) is 17.1 Å². The van der Waals surface area contributed by atoms with Gasteiger partial charge in [0.05, 0.1) is 28.8 Å². The molecule has 0 radical (unpaired) electrons. The van der Waals surface area contributed by atoms with Gasteiger partial charge < -0.3 is 19.8 Å². The number of aliphatic hydroxyl groups is 1. The van der Waals surface area contributed by atoms with E-state index in [2.05, 4.69) is 0 Å². The van der Waals surface area contributed by atoms with Gasteiger partial charge in [-0.05, 0) is 53.9 Å². The van der Waals surface area contributed by atoms with E-state index in [4.69, 9.17) is 39.5 Å². The normalized spacial score (nSPS) is 17.1. The number of nitrogens with zero attached hydrogens (tertiary/aromatic N) is 1. The maximum Gasteiger partial charge on any atom is 0.295 e. The monoisotopic (exact) mass is 531 g/mol. The minimum Gasteiger partial charge on any atom is -0.508 e. The standard InChI is InChI=1S/C26H20Cl3NO5/c1-35-25-19(28)12-16(13-20(25)29)23(32)21-22(15-4-8-18(31)9-5-15)30(26(34)24(21)33)11-10-14-2-6-17(27)7-3-14/h2-9,12-13,22,31-32H,10-11H2,1H3/b23-21+. The number of methoxy groups -OCH3 is 1. The number of likely N-dealkylation sites (tertiary alicyclic amines) is 1. The number of benzene rings is 3. The first kappa shape index (κ1) is 24.9. The summed E-state index contributed by atoms with van der Waals surface area (Å²) in [6, 6.07) is 15.2. The van der Waals surface area contributed by atoms with Crippen LogP contribution in [-0.2, 0) is 16.0 Å². The Hall–Kier alpha value is -3.19. The van der Waals surface area contributed by atoms with E-state index in [1.807, 2.05) is 12.1 Å². The van der Waals surface area contributed by atoms with Crippen LogP contribution in [0.1, 0.15) is 22.7 Å². The SMILES string of the molecule is COc1c(Cl)cc(/C(O)=C2\C(=O)C(=O)N(CCc3ccc(Cl)cc3)C2c2ccc(O)cc2)cc1Cl. The first-order valence-corrected chi connectivity index (χ1v) is 11.7. The topological polar surface area (TPSA) is 87.1 Å². The molecule has 0 aromatic heterocycles. The number of halogens is 3. The molecular weight excluding hydrogens is 513 g/mol. The lowest BCUT2D eigenvalue weighted by Gasteiger charge is -2.25. The van der Waals surface area contributed by atoms with Crippen LogP contribution >= 0.6 is 34.8 Å². The molecule has 9 heteroatoms. The molecule has 1 aliphatic heterocycles. The summed E-state index contributed by atoms with van der Waals surface area (Å²) in [5, 5.41) is 21.8. The zero-order valence-corrected chi connectivity index (χ0v) is 20.7. The molecule has 1 atom stereocenters. The molecule has 1 heterocycles. The van der Waals surface area contributed by atoms with Crippen molar-refractivity contribution in [2.75, 3.05) is 13.7 Å². The molecule has 2 N–H and O–H groups in total. The average molecular weight is 533 g/mol. The van der Waals surface area contributed by atoms with Crippen LogP contribution in [0.4, 0.5) is 0 Å². The molecule has 0 bridgehead atoms. The van der Waals surface area contributed by atoms with Gasteiger partial charge in [-0.15, -0.1) is 0 Å². The molecular formula is C26H20Cl3NO5. The largest absolute Gasteiger partial charge is 0.508 e. The zero-order valence-electron chi connectivity index (χ0n) is 18.5. The van der Waals surface area contributed by atoms with Crippen LogP contribution in [0.2, 0.25) is 15.1 Å². The number of ether oxygens (including phenoxy) is 1. The number of carbonyl (C=O) groups excluding carboxylic acids is 2. The van der Waals surface area contributed by atoms with Crippen molar-refractivity contribution in [3.05, 3.63) is 98.0 Å². The molecule has 4 rings (SSSR count). The van der Waals surface area contributed by atoms with E-state index in [1.54, 1.807) is 24.3 Å². The second-order valence-electron chi connectivity index (χ2n) is 7.93. The van der Waals surface area contributed by atoms with Crippen molar-refractivity contribution in [3.8, 4) is 11.5 Å². The van der Waals surface area contributed by atoms with Crippen LogP contribution in [0.5, 0.6) is 11.5 Å². The highest BCUT2D eigenvalue weighted by Gasteiger charge is 2.46. The molecule has 3 aromatic carbocycles. The van der Waals surface area contributed by atoms with E-state index >= 15 is 0 Å². The summed E-state index contributed by atoms with van der Waals surface area (Å²) in [7, 11) is 1.41. The third-order valence-corrected chi connectivity index (χ3v) is 6.59. The molecule has 0 aliphatic carbocycles. The van der Waals surface area contributed by atoms with E-state index in [-0.39, 0.29) is 39.2 Å². The fourth-order valence-electron chi connectivity index (χ4n) is 4.06. The second kappa shape index (κ2) is 10.2. The summed E-state index contributed by atoms with van der Waals surface area (Å²) in [5.41, 5.74) is 1.54. The van der Waals surface area contributed by atoms with E-state index in [1.165, 1.54) is 36.3 Å². The molecule has 6 nitrogen and oxygen atoms in total. The highest BCUT2D eigenvalue weighted by atomic mass is 35.5. The Morgan fingerprint density at radius 1 is 0.971 bits per heavy atom. The predicted molar refractivity (Wildman–Crippen MR) is 135 cm³/mol. The lowest BCUT2D eigenvalue weighted by Crippen LogP contribution is -2.31. The van der Waals surface area contributed by atoms with E-state index in [0.29, 0.717) is 17.0 Å². The zero-order chi connectivity index (χ0) is 25.3. The quantitative estimate of drug-likeness (QED) is 0.230. The van der Waals surface area contributed by atoms with Crippen molar-refractivity contribution in [1.82, 2.24) is 4.90 Å². The molecule has 1 aliphatic rings. The molecule has 1 saturated heterocycles. The molecule has 0 saturated carbocycles. The highest BCUT2D eigenvalue weighted by Crippen LogP contribution is 2.42. The summed E-state index contributed by atoms with van der Waals surface area (Å²) >= 11 is 18.4. The fraction of sp³-hybridized carbons (Fsp3) is 0.154. The summed E-state index contributed by atoms with van der Waals surface area (Å²) < 4.78 is 5.15. The number of Topliss-reactive ketones (excluding diaryl/α,β-unsaturated/α-hetero) is 1. The summed E-state index contributed by atoms with van der Waals surface area (Å²) in [5.74, 6) is -1.74. The Kier molecular flexibility index (Phi) is 7.26. The lowest BCUT2D eigenvalue weighted by molar-refractivity contribution is -0.139. The molecule has 1 unspecified atom stereocenters. The number of amides is 1. The Morgan fingerprint density at radius 3 is 2.14 bits per heavy atom. The van der Waals surface area contributed by atoms with Crippen molar-refractivity contribution in [2.24, 2.45) is 0 Å². The second-order valence-corrected chi connectivity index (χ2v) is 9.18. The minimum atomic E-state index is -0.887. The van der Waals surface area contributed by atoms with Crippen molar-refractivity contribution in [1.29, 1.82) is 0 Å². The number of ketones is 1. The van der Waals surface area contributed by atoms with Crippen LogP contribution in [-0.4, -0.2) is 40.5 Å². The van der Waals surface area contributed by atoms with Gasteiger partial charge in [0.2, 0.25) is 0 Å². The van der Waals surface area contributed by atoms with Crippen molar-refractivity contribution >= 4 is 52.3 Å². The first-order valence-electron chi connectivity index (χ1n) is 10.6. The van der Waals surface area contributed by atoms with E-state index in [0.717, 1.165) is 5.56 Å². The number of aliphatic hydroxyl groups excluding tert-OH is 1. The van der Waals surface area contributed by atoms with Gasteiger partial charge in [0.1, 0.15) is 11.5 Å². The van der Waals surface area contributed by atoms with Crippen LogP contribution in [0, 0.1) is 0 Å². The maximum absolute atomic E-state index is 13.2. The van der Waals surface area contributed by atoms with Gasteiger partial charge in [-0.1, -0.05) is 59.1 Å². The van der Waals surface area contributed by atoms with Gasteiger partial charge in [-0.3, -0.25) is 9.59 Å². The van der Waals surface area contributed by atoms with Gasteiger partial charge in [-0.2, -0.15) is 0 Å². The number of phenolic OH excluding ortho intramolecular Hbond substituents is 1. The first-order chi connectivity index (χ1) is 16.7. The highest BCUT2D eigenvalue weighted by molar-refractivity contribution is 6.46. The van der Waals surface area contributed by atoms with Gasteiger partial charge in [0.25, 0.3) is 11.7 Å². The number of hydrogen-bond acceptors (Lipinski definition) is 5. The molecule has 1 amide bonds. The lowest BCUT2D eigenvalue weighted by atomic mass is 9.95. The van der Waals surface area contributed by atoms with Crippen LogP contribution in [0.15, 0.2) is 66.2 Å². The Balaban J connectivity index is 1.80. The average Bonchev–Trinajstić information content (AvgIpc) is 3.08. The van der Waals surface area contributed by atoms with Crippen molar-refractivity contribution in [3.63, 3.8) is 0 Å². The Labute approximate surface area is 216 Å². The Morgan fingerprint density at radius 2 is 1.57 bits per heavy atom. The van der Waals surface area contributed by atoms with Crippen molar-refractivity contribution < 1.29 is 24.5 Å². The molecule has 1 fully saturated rings. The third-order valence-electron chi connectivity index (χ3n) is 5.78. The van der Waals surface area contributed by atoms with Gasteiger partial charge >= 0.3 is 0 Å². The smallest absolute Gasteiger partial charge is 0.295 e. The van der Waals surface area contributed by atoms with E-state index < -0.39 is 23.5 Å². The molecule has 35 heavy (non-hydrogen) atoms. The predicted octanol–water partition coefficient (Wildman–Crippen LogP) is 6.03. The molecule has 180 valence electrons. The van der Waals surface area contributed by atoms with Gasteiger partial charge in [0.15, 0.2) is 5.75 Å². The van der Waals surface area contributed by atoms with Crippen LogP contribution in [0.25, 0.3) is 5.76 Å². The molecule has 3 aromatic rings. The fourth-order valence-corrected chi connectivity index (χ4v) is 4.83. The maximum atomic E-state index is 13.2. The van der Waals surface area contributed by atoms with Gasteiger partial charge in [-0.25, -0.2) is 0 Å². The Bertz CT molecular complexity index is 1300. The number of rotatable bonds is 6. The number of hydrogen-bond donors (Lipinski definition) is 2. The summed E-state index contributed by atoms with van der Waals surface area (Å²) in [6.07, 6.45) is 0.457.